The second-order valence-electron chi connectivity index (χ2n) is 6.38. The van der Waals surface area contributed by atoms with Gasteiger partial charge in [-0.3, -0.25) is 4.79 Å². The van der Waals surface area contributed by atoms with Gasteiger partial charge in [-0.05, 0) is 50.2 Å². The quantitative estimate of drug-likeness (QED) is 0.794. The Bertz CT molecular complexity index is 678. The topological polar surface area (TPSA) is 79.0 Å². The first-order valence-electron chi connectivity index (χ1n) is 8.75. The first-order valence-corrected chi connectivity index (χ1v) is 10.2. The fraction of sp³-hybridized carbons (Fsp3) is 0.588. The van der Waals surface area contributed by atoms with E-state index in [-0.39, 0.29) is 10.8 Å². The van der Waals surface area contributed by atoms with Crippen molar-refractivity contribution in [3.05, 3.63) is 29.8 Å². The van der Waals surface area contributed by atoms with Crippen molar-refractivity contribution in [3.8, 4) is 0 Å². The average molecular weight is 367 g/mol. The summed E-state index contributed by atoms with van der Waals surface area (Å²) in [5.41, 5.74) is 0.498. The number of hydrogen-bond donors (Lipinski definition) is 1. The van der Waals surface area contributed by atoms with Crippen LogP contribution in [0.1, 0.15) is 23.2 Å². The molecule has 0 aliphatic carbocycles. The summed E-state index contributed by atoms with van der Waals surface area (Å²) < 4.78 is 32.6. The van der Waals surface area contributed by atoms with Crippen LogP contribution in [-0.2, 0) is 14.8 Å². The lowest BCUT2D eigenvalue weighted by Gasteiger charge is -2.26. The summed E-state index contributed by atoms with van der Waals surface area (Å²) >= 11 is 0. The van der Waals surface area contributed by atoms with E-state index in [1.165, 1.54) is 25.0 Å². The van der Waals surface area contributed by atoms with Crippen molar-refractivity contribution in [2.45, 2.75) is 17.7 Å². The number of nitrogens with one attached hydrogen (secondary N) is 1. The highest BCUT2D eigenvalue weighted by Crippen LogP contribution is 2.13. The zero-order chi connectivity index (χ0) is 17.7. The predicted molar refractivity (Wildman–Crippen MR) is 94.0 cm³/mol. The molecule has 1 aromatic carbocycles. The monoisotopic (exact) mass is 367 g/mol. The molecule has 2 fully saturated rings. The molecule has 1 aromatic rings. The molecule has 1 N–H and O–H groups in total. The van der Waals surface area contributed by atoms with E-state index in [0.717, 1.165) is 19.6 Å². The minimum absolute atomic E-state index is 0.0887. The number of ether oxygens (including phenoxy) is 1. The van der Waals surface area contributed by atoms with Gasteiger partial charge in [0, 0.05) is 31.7 Å². The predicted octanol–water partition coefficient (Wildman–Crippen LogP) is 0.533. The van der Waals surface area contributed by atoms with Gasteiger partial charge in [0.1, 0.15) is 0 Å². The molecule has 0 radical (unpaired) electrons. The molecular formula is C17H25N3O4S. The molecule has 25 heavy (non-hydrogen) atoms. The number of benzene rings is 1. The molecule has 0 unspecified atom stereocenters. The summed E-state index contributed by atoms with van der Waals surface area (Å²) in [5, 5.41) is 0. The van der Waals surface area contributed by atoms with Crippen molar-refractivity contribution in [2.24, 2.45) is 0 Å². The summed E-state index contributed by atoms with van der Waals surface area (Å²) in [6, 6.07) is 6.14. The SMILES string of the molecule is O=C(c1ccc(S(=O)(=O)NCCN2CCCC2)cc1)N1CCOCC1. The van der Waals surface area contributed by atoms with Crippen LogP contribution < -0.4 is 4.72 Å². The smallest absolute Gasteiger partial charge is 0.254 e. The largest absolute Gasteiger partial charge is 0.378 e. The van der Waals surface area contributed by atoms with Gasteiger partial charge in [0.2, 0.25) is 10.0 Å². The van der Waals surface area contributed by atoms with Crippen LogP contribution in [0.15, 0.2) is 29.2 Å². The number of amides is 1. The van der Waals surface area contributed by atoms with E-state index in [2.05, 4.69) is 9.62 Å². The standard InChI is InChI=1S/C17H25N3O4S/c21-17(20-11-13-24-14-12-20)15-3-5-16(6-4-15)25(22,23)18-7-10-19-8-1-2-9-19/h3-6,18H,1-2,7-14H2. The molecule has 2 heterocycles. The Balaban J connectivity index is 1.57. The Morgan fingerprint density at radius 2 is 1.68 bits per heavy atom. The first kappa shape index (κ1) is 18.3. The van der Waals surface area contributed by atoms with Crippen LogP contribution in [0.25, 0.3) is 0 Å². The zero-order valence-electron chi connectivity index (χ0n) is 14.3. The second kappa shape index (κ2) is 8.27. The molecule has 0 saturated carbocycles. The summed E-state index contributed by atoms with van der Waals surface area (Å²) in [6.07, 6.45) is 2.37. The molecule has 0 spiro atoms. The van der Waals surface area contributed by atoms with E-state index in [4.69, 9.17) is 4.74 Å². The normalized spacial score (nSPS) is 19.3. The Labute approximate surface area is 149 Å². The Kier molecular flexibility index (Phi) is 6.06. The molecule has 0 atom stereocenters. The van der Waals surface area contributed by atoms with Gasteiger partial charge in [0.15, 0.2) is 0 Å². The lowest BCUT2D eigenvalue weighted by molar-refractivity contribution is 0.0303. The highest BCUT2D eigenvalue weighted by atomic mass is 32.2. The van der Waals surface area contributed by atoms with Gasteiger partial charge in [-0.15, -0.1) is 0 Å². The third-order valence-corrected chi connectivity index (χ3v) is 6.11. The van der Waals surface area contributed by atoms with Crippen LogP contribution in [0, 0.1) is 0 Å². The van der Waals surface area contributed by atoms with Gasteiger partial charge in [-0.25, -0.2) is 13.1 Å². The van der Waals surface area contributed by atoms with Crippen molar-refractivity contribution in [3.63, 3.8) is 0 Å². The first-order chi connectivity index (χ1) is 12.1. The third-order valence-electron chi connectivity index (χ3n) is 4.63. The Morgan fingerprint density at radius 3 is 2.32 bits per heavy atom. The van der Waals surface area contributed by atoms with Crippen molar-refractivity contribution in [1.82, 2.24) is 14.5 Å². The van der Waals surface area contributed by atoms with Crippen LogP contribution in [0.5, 0.6) is 0 Å². The van der Waals surface area contributed by atoms with Gasteiger partial charge < -0.3 is 14.5 Å². The van der Waals surface area contributed by atoms with Gasteiger partial charge in [0.25, 0.3) is 5.91 Å². The van der Waals surface area contributed by atoms with Gasteiger partial charge in [-0.2, -0.15) is 0 Å². The Hall–Kier alpha value is -1.48. The molecule has 138 valence electrons. The van der Waals surface area contributed by atoms with E-state index in [0.29, 0.717) is 38.4 Å². The number of morpholine rings is 1. The molecule has 2 aliphatic heterocycles. The van der Waals surface area contributed by atoms with Crippen LogP contribution in [0.2, 0.25) is 0 Å². The number of sulfonamides is 1. The maximum atomic E-state index is 12.4. The molecule has 2 aliphatic rings. The van der Waals surface area contributed by atoms with Crippen LogP contribution in [-0.4, -0.2) is 76.6 Å². The molecule has 0 aromatic heterocycles. The van der Waals surface area contributed by atoms with Gasteiger partial charge >= 0.3 is 0 Å². The van der Waals surface area contributed by atoms with Crippen molar-refractivity contribution in [1.29, 1.82) is 0 Å². The van der Waals surface area contributed by atoms with Gasteiger partial charge in [0.05, 0.1) is 18.1 Å². The minimum atomic E-state index is -3.54. The molecule has 3 rings (SSSR count). The molecule has 7 nitrogen and oxygen atoms in total. The van der Waals surface area contributed by atoms with E-state index >= 15 is 0 Å². The highest BCUT2D eigenvalue weighted by molar-refractivity contribution is 7.89. The molecular weight excluding hydrogens is 342 g/mol. The van der Waals surface area contributed by atoms with E-state index in [1.54, 1.807) is 17.0 Å². The Morgan fingerprint density at radius 1 is 1.04 bits per heavy atom. The zero-order valence-corrected chi connectivity index (χ0v) is 15.1. The number of carbonyl (C=O) groups is 1. The fourth-order valence-corrected chi connectivity index (χ4v) is 4.17. The number of carbonyl (C=O) groups excluding carboxylic acids is 1. The minimum Gasteiger partial charge on any atom is -0.378 e. The van der Waals surface area contributed by atoms with Crippen LogP contribution in [0.3, 0.4) is 0 Å². The highest BCUT2D eigenvalue weighted by Gasteiger charge is 2.20. The van der Waals surface area contributed by atoms with Crippen molar-refractivity contribution >= 4 is 15.9 Å². The maximum Gasteiger partial charge on any atom is 0.254 e. The fourth-order valence-electron chi connectivity index (χ4n) is 3.15. The molecule has 8 heteroatoms. The molecule has 0 bridgehead atoms. The summed E-state index contributed by atoms with van der Waals surface area (Å²) in [4.78, 5) is 16.5. The van der Waals surface area contributed by atoms with Crippen LogP contribution in [0.4, 0.5) is 0 Å². The second-order valence-corrected chi connectivity index (χ2v) is 8.14. The summed E-state index contributed by atoms with van der Waals surface area (Å²) in [5.74, 6) is -0.0887. The lowest BCUT2D eigenvalue weighted by atomic mass is 10.2. The van der Waals surface area contributed by atoms with E-state index in [1.807, 2.05) is 0 Å². The van der Waals surface area contributed by atoms with E-state index in [9.17, 15) is 13.2 Å². The van der Waals surface area contributed by atoms with Gasteiger partial charge in [-0.1, -0.05) is 0 Å². The number of rotatable bonds is 6. The maximum absolute atomic E-state index is 12.4. The average Bonchev–Trinajstić information content (AvgIpc) is 3.15. The number of hydrogen-bond acceptors (Lipinski definition) is 5. The third kappa shape index (κ3) is 4.78. The number of nitrogens with zero attached hydrogens (tertiary/aromatic N) is 2. The number of likely N-dealkylation sites (tertiary alicyclic amines) is 1. The van der Waals surface area contributed by atoms with E-state index < -0.39 is 10.0 Å². The molecule has 2 saturated heterocycles. The van der Waals surface area contributed by atoms with Crippen LogP contribution >= 0.6 is 0 Å². The summed E-state index contributed by atoms with van der Waals surface area (Å²) in [6.45, 7) is 5.43. The molecule has 1 amide bonds. The van der Waals surface area contributed by atoms with Crippen molar-refractivity contribution in [2.75, 3.05) is 52.5 Å². The lowest BCUT2D eigenvalue weighted by Crippen LogP contribution is -2.40. The van der Waals surface area contributed by atoms with Crippen molar-refractivity contribution < 1.29 is 17.9 Å². The summed E-state index contributed by atoms with van der Waals surface area (Å²) in [7, 11) is -3.54.